The molecule has 1 aromatic heterocycles. The number of carbonyl (C=O) groups is 1. The van der Waals surface area contributed by atoms with E-state index in [-0.39, 0.29) is 17.8 Å². The quantitative estimate of drug-likeness (QED) is 0.772. The number of methoxy groups -OCH3 is 1. The normalized spacial score (nSPS) is 15.2. The number of likely N-dealkylation sites (tertiary alicyclic amines) is 1. The van der Waals surface area contributed by atoms with E-state index in [1.54, 1.807) is 23.1 Å². The van der Waals surface area contributed by atoms with E-state index in [2.05, 4.69) is 9.72 Å². The van der Waals surface area contributed by atoms with Gasteiger partial charge in [0.15, 0.2) is 0 Å². The summed E-state index contributed by atoms with van der Waals surface area (Å²) in [5.41, 5.74) is 0.470. The first-order valence-electron chi connectivity index (χ1n) is 8.66. The molecule has 0 atom stereocenters. The van der Waals surface area contributed by atoms with Gasteiger partial charge in [-0.05, 0) is 18.2 Å². The second-order valence-electron chi connectivity index (χ2n) is 6.22. The third kappa shape index (κ3) is 5.28. The van der Waals surface area contributed by atoms with Crippen molar-refractivity contribution >= 4 is 5.91 Å². The summed E-state index contributed by atoms with van der Waals surface area (Å²) in [4.78, 5) is 18.3. The van der Waals surface area contributed by atoms with E-state index >= 15 is 0 Å². The zero-order valence-electron chi connectivity index (χ0n) is 15.1. The standard InChI is InChI=1S/C19H19F3N2O4/c1-26-17-6-5-13(12-23-17)18(25)24-9-7-14(8-10-24)27-15-3-2-4-16(11-15)28-19(20,21)22/h2-6,11-12,14H,7-10H2,1H3. The number of nitrogens with zero attached hydrogens (tertiary/aromatic N) is 2. The topological polar surface area (TPSA) is 60.9 Å². The van der Waals surface area contributed by atoms with Crippen LogP contribution in [0.4, 0.5) is 13.2 Å². The molecule has 0 saturated carbocycles. The summed E-state index contributed by atoms with van der Waals surface area (Å²) in [5, 5.41) is 0. The number of hydrogen-bond donors (Lipinski definition) is 0. The van der Waals surface area contributed by atoms with Crippen LogP contribution in [0.5, 0.6) is 17.4 Å². The van der Waals surface area contributed by atoms with Gasteiger partial charge in [0.25, 0.3) is 5.91 Å². The van der Waals surface area contributed by atoms with Gasteiger partial charge < -0.3 is 19.1 Å². The molecule has 6 nitrogen and oxygen atoms in total. The van der Waals surface area contributed by atoms with Crippen molar-refractivity contribution in [3.05, 3.63) is 48.2 Å². The van der Waals surface area contributed by atoms with E-state index in [0.717, 1.165) is 0 Å². The van der Waals surface area contributed by atoms with Crippen molar-refractivity contribution in [2.24, 2.45) is 0 Å². The Bertz CT molecular complexity index is 804. The Hall–Kier alpha value is -2.97. The van der Waals surface area contributed by atoms with Crippen LogP contribution >= 0.6 is 0 Å². The van der Waals surface area contributed by atoms with Crippen LogP contribution < -0.4 is 14.2 Å². The van der Waals surface area contributed by atoms with Gasteiger partial charge in [-0.3, -0.25) is 4.79 Å². The maximum atomic E-state index is 12.5. The van der Waals surface area contributed by atoms with Gasteiger partial charge in [-0.25, -0.2) is 4.98 Å². The molecular weight excluding hydrogens is 377 g/mol. The average Bonchev–Trinajstić information content (AvgIpc) is 2.67. The minimum absolute atomic E-state index is 0.130. The van der Waals surface area contributed by atoms with Crippen LogP contribution in [0.1, 0.15) is 23.2 Å². The minimum atomic E-state index is -4.75. The van der Waals surface area contributed by atoms with Crippen molar-refractivity contribution in [1.29, 1.82) is 0 Å². The van der Waals surface area contributed by atoms with Gasteiger partial charge in [0, 0.05) is 44.3 Å². The van der Waals surface area contributed by atoms with E-state index in [4.69, 9.17) is 9.47 Å². The number of carbonyl (C=O) groups excluding carboxylic acids is 1. The molecule has 0 spiro atoms. The molecule has 0 aliphatic carbocycles. The Morgan fingerprint density at radius 3 is 2.46 bits per heavy atom. The van der Waals surface area contributed by atoms with Crippen molar-refractivity contribution in [2.75, 3.05) is 20.2 Å². The number of amides is 1. The maximum absolute atomic E-state index is 12.5. The second-order valence-corrected chi connectivity index (χ2v) is 6.22. The lowest BCUT2D eigenvalue weighted by Gasteiger charge is -2.32. The number of piperidine rings is 1. The first-order valence-corrected chi connectivity index (χ1v) is 8.66. The highest BCUT2D eigenvalue weighted by molar-refractivity contribution is 5.94. The summed E-state index contributed by atoms with van der Waals surface area (Å²) >= 11 is 0. The van der Waals surface area contributed by atoms with Gasteiger partial charge in [0.2, 0.25) is 5.88 Å². The third-order valence-electron chi connectivity index (χ3n) is 4.26. The number of pyridine rings is 1. The predicted molar refractivity (Wildman–Crippen MR) is 93.5 cm³/mol. The molecule has 1 fully saturated rings. The largest absolute Gasteiger partial charge is 0.573 e. The van der Waals surface area contributed by atoms with Crippen LogP contribution in [0.2, 0.25) is 0 Å². The molecular formula is C19H19F3N2O4. The number of hydrogen-bond acceptors (Lipinski definition) is 5. The SMILES string of the molecule is COc1ccc(C(=O)N2CCC(Oc3cccc(OC(F)(F)F)c3)CC2)cn1. The Kier molecular flexibility index (Phi) is 5.91. The van der Waals surface area contributed by atoms with Crippen molar-refractivity contribution in [3.63, 3.8) is 0 Å². The van der Waals surface area contributed by atoms with Crippen molar-refractivity contribution in [2.45, 2.75) is 25.3 Å². The summed E-state index contributed by atoms with van der Waals surface area (Å²) in [6, 6.07) is 8.70. The molecule has 0 bridgehead atoms. The lowest BCUT2D eigenvalue weighted by atomic mass is 10.1. The number of ether oxygens (including phenoxy) is 3. The maximum Gasteiger partial charge on any atom is 0.573 e. The fourth-order valence-corrected chi connectivity index (χ4v) is 2.92. The molecule has 1 aromatic carbocycles. The van der Waals surface area contributed by atoms with Gasteiger partial charge >= 0.3 is 6.36 Å². The number of benzene rings is 1. The highest BCUT2D eigenvalue weighted by Gasteiger charge is 2.31. The fraction of sp³-hybridized carbons (Fsp3) is 0.368. The zero-order chi connectivity index (χ0) is 20.1. The number of rotatable bonds is 5. The van der Waals surface area contributed by atoms with E-state index in [9.17, 15) is 18.0 Å². The summed E-state index contributed by atoms with van der Waals surface area (Å²) < 4.78 is 51.6. The Labute approximate surface area is 159 Å². The molecule has 9 heteroatoms. The van der Waals surface area contributed by atoms with Crippen LogP contribution in [-0.2, 0) is 0 Å². The lowest BCUT2D eigenvalue weighted by Crippen LogP contribution is -2.41. The van der Waals surface area contributed by atoms with Crippen molar-refractivity contribution < 1.29 is 32.2 Å². The van der Waals surface area contributed by atoms with Crippen LogP contribution in [0.15, 0.2) is 42.6 Å². The molecule has 1 aliphatic rings. The van der Waals surface area contributed by atoms with Gasteiger partial charge in [-0.1, -0.05) is 6.07 Å². The Morgan fingerprint density at radius 1 is 1.14 bits per heavy atom. The van der Waals surface area contributed by atoms with Crippen LogP contribution in [0.25, 0.3) is 0 Å². The van der Waals surface area contributed by atoms with Crippen molar-refractivity contribution in [1.82, 2.24) is 9.88 Å². The first kappa shape index (κ1) is 19.8. The molecule has 2 aromatic rings. The number of halogens is 3. The molecule has 0 N–H and O–H groups in total. The predicted octanol–water partition coefficient (Wildman–Crippen LogP) is 3.67. The van der Waals surface area contributed by atoms with E-state index in [1.165, 1.54) is 31.5 Å². The first-order chi connectivity index (χ1) is 13.3. The third-order valence-corrected chi connectivity index (χ3v) is 4.26. The smallest absolute Gasteiger partial charge is 0.490 e. The van der Waals surface area contributed by atoms with Crippen molar-refractivity contribution in [3.8, 4) is 17.4 Å². The van der Waals surface area contributed by atoms with Gasteiger partial charge in [-0.2, -0.15) is 0 Å². The molecule has 0 unspecified atom stereocenters. The summed E-state index contributed by atoms with van der Waals surface area (Å²) in [5.74, 6) is 0.269. The fourth-order valence-electron chi connectivity index (χ4n) is 2.92. The van der Waals surface area contributed by atoms with Crippen LogP contribution in [-0.4, -0.2) is 48.5 Å². The number of alkyl halides is 3. The molecule has 2 heterocycles. The second kappa shape index (κ2) is 8.37. The van der Waals surface area contributed by atoms with Gasteiger partial charge in [-0.15, -0.1) is 13.2 Å². The molecule has 0 radical (unpaired) electrons. The minimum Gasteiger partial charge on any atom is -0.490 e. The Balaban J connectivity index is 1.54. The number of aromatic nitrogens is 1. The van der Waals surface area contributed by atoms with E-state index < -0.39 is 6.36 Å². The molecule has 1 amide bonds. The van der Waals surface area contributed by atoms with E-state index in [0.29, 0.717) is 43.1 Å². The molecule has 3 rings (SSSR count). The summed E-state index contributed by atoms with van der Waals surface area (Å²) in [7, 11) is 1.50. The highest BCUT2D eigenvalue weighted by atomic mass is 19.4. The van der Waals surface area contributed by atoms with Gasteiger partial charge in [0.1, 0.15) is 17.6 Å². The van der Waals surface area contributed by atoms with Crippen LogP contribution in [0, 0.1) is 0 Å². The van der Waals surface area contributed by atoms with Gasteiger partial charge in [0.05, 0.1) is 12.7 Å². The Morgan fingerprint density at radius 2 is 1.86 bits per heavy atom. The highest BCUT2D eigenvalue weighted by Crippen LogP contribution is 2.28. The van der Waals surface area contributed by atoms with E-state index in [1.807, 2.05) is 0 Å². The van der Waals surface area contributed by atoms with Crippen LogP contribution in [0.3, 0.4) is 0 Å². The molecule has 1 aliphatic heterocycles. The summed E-state index contributed by atoms with van der Waals surface area (Å²) in [6.45, 7) is 0.961. The molecule has 150 valence electrons. The lowest BCUT2D eigenvalue weighted by molar-refractivity contribution is -0.274. The molecule has 1 saturated heterocycles. The zero-order valence-corrected chi connectivity index (χ0v) is 15.1. The summed E-state index contributed by atoms with van der Waals surface area (Å²) in [6.07, 6.45) is -2.34. The average molecular weight is 396 g/mol. The monoisotopic (exact) mass is 396 g/mol. The molecule has 28 heavy (non-hydrogen) atoms.